The fraction of sp³-hybridized carbons (Fsp3) is 0.188. The molecule has 0 saturated heterocycles. The summed E-state index contributed by atoms with van der Waals surface area (Å²) in [6, 6.07) is 15.6. The summed E-state index contributed by atoms with van der Waals surface area (Å²) in [6.07, 6.45) is 0.159. The molecule has 0 aliphatic rings. The summed E-state index contributed by atoms with van der Waals surface area (Å²) < 4.78 is 13.7. The van der Waals surface area contributed by atoms with Crippen molar-refractivity contribution in [3.63, 3.8) is 0 Å². The number of carbonyl (C=O) groups excluding carboxylic acids is 1. The van der Waals surface area contributed by atoms with Crippen molar-refractivity contribution in [2.45, 2.75) is 12.3 Å². The number of rotatable bonds is 5. The summed E-state index contributed by atoms with van der Waals surface area (Å²) in [6.45, 7) is 0.225. The number of benzene rings is 2. The molecule has 104 valence electrons. The van der Waals surface area contributed by atoms with Gasteiger partial charge in [0.15, 0.2) is 0 Å². The highest BCUT2D eigenvalue weighted by molar-refractivity contribution is 5.91. The van der Waals surface area contributed by atoms with Crippen molar-refractivity contribution >= 4 is 11.6 Å². The number of hydrogen-bond donors (Lipinski definition) is 2. The molecule has 3 nitrogen and oxygen atoms in total. The molecular weight excluding hydrogens is 255 g/mol. The van der Waals surface area contributed by atoms with Crippen LogP contribution in [0.2, 0.25) is 0 Å². The molecule has 1 atom stereocenters. The van der Waals surface area contributed by atoms with E-state index in [1.807, 2.05) is 18.2 Å². The largest absolute Gasteiger partial charge is 0.330 e. The first-order valence-electron chi connectivity index (χ1n) is 6.50. The van der Waals surface area contributed by atoms with Crippen LogP contribution < -0.4 is 11.1 Å². The third kappa shape index (κ3) is 3.65. The quantitative estimate of drug-likeness (QED) is 0.879. The highest BCUT2D eigenvalue weighted by Gasteiger charge is 2.17. The van der Waals surface area contributed by atoms with Crippen LogP contribution in [0, 0.1) is 5.82 Å². The van der Waals surface area contributed by atoms with Crippen LogP contribution in [0.3, 0.4) is 0 Å². The van der Waals surface area contributed by atoms with Crippen LogP contribution in [0.5, 0.6) is 0 Å². The highest BCUT2D eigenvalue weighted by Crippen LogP contribution is 2.22. The second kappa shape index (κ2) is 6.82. The van der Waals surface area contributed by atoms with Gasteiger partial charge in [0.1, 0.15) is 5.82 Å². The van der Waals surface area contributed by atoms with Crippen LogP contribution >= 0.6 is 0 Å². The minimum absolute atomic E-state index is 0.159. The van der Waals surface area contributed by atoms with E-state index in [4.69, 9.17) is 5.73 Å². The molecule has 0 fully saturated rings. The molecule has 0 bridgehead atoms. The van der Waals surface area contributed by atoms with Gasteiger partial charge in [0.2, 0.25) is 5.91 Å². The van der Waals surface area contributed by atoms with Gasteiger partial charge in [-0.3, -0.25) is 4.79 Å². The third-order valence-electron chi connectivity index (χ3n) is 3.12. The van der Waals surface area contributed by atoms with E-state index in [0.29, 0.717) is 5.56 Å². The van der Waals surface area contributed by atoms with Crippen LogP contribution in [0.1, 0.15) is 17.9 Å². The van der Waals surface area contributed by atoms with Crippen molar-refractivity contribution in [3.8, 4) is 0 Å². The van der Waals surface area contributed by atoms with Gasteiger partial charge >= 0.3 is 0 Å². The van der Waals surface area contributed by atoms with Gasteiger partial charge in [-0.1, -0.05) is 36.4 Å². The summed E-state index contributed by atoms with van der Waals surface area (Å²) in [4.78, 5) is 12.0. The summed E-state index contributed by atoms with van der Waals surface area (Å²) in [5, 5.41) is 2.78. The molecule has 2 rings (SSSR count). The van der Waals surface area contributed by atoms with Crippen LogP contribution in [0.25, 0.3) is 0 Å². The summed E-state index contributed by atoms with van der Waals surface area (Å²) >= 11 is 0. The molecule has 20 heavy (non-hydrogen) atoms. The van der Waals surface area contributed by atoms with Crippen molar-refractivity contribution in [2.75, 3.05) is 11.9 Å². The van der Waals surface area contributed by atoms with Crippen molar-refractivity contribution in [2.24, 2.45) is 5.73 Å². The first-order chi connectivity index (χ1) is 9.70. The van der Waals surface area contributed by atoms with Crippen molar-refractivity contribution in [1.82, 2.24) is 0 Å². The summed E-state index contributed by atoms with van der Waals surface area (Å²) in [5.41, 5.74) is 6.88. The molecular formula is C16H17FN2O. The standard InChI is InChI=1S/C16H17FN2O/c17-15-9-5-4-8-14(15)12(11-18)10-16(20)19-13-6-2-1-3-7-13/h1-9,12H,10-11,18H2,(H,19,20). The average molecular weight is 272 g/mol. The zero-order chi connectivity index (χ0) is 14.4. The molecule has 0 aliphatic heterocycles. The van der Waals surface area contributed by atoms with E-state index in [1.165, 1.54) is 6.07 Å². The van der Waals surface area contributed by atoms with Gasteiger partial charge in [-0.25, -0.2) is 4.39 Å². The van der Waals surface area contributed by atoms with E-state index in [9.17, 15) is 9.18 Å². The Hall–Kier alpha value is -2.20. The molecule has 0 aliphatic carbocycles. The van der Waals surface area contributed by atoms with Crippen molar-refractivity contribution in [3.05, 3.63) is 66.0 Å². The number of hydrogen-bond acceptors (Lipinski definition) is 2. The predicted octanol–water partition coefficient (Wildman–Crippen LogP) is 2.90. The highest BCUT2D eigenvalue weighted by atomic mass is 19.1. The monoisotopic (exact) mass is 272 g/mol. The topological polar surface area (TPSA) is 55.1 Å². The molecule has 2 aromatic carbocycles. The fourth-order valence-corrected chi connectivity index (χ4v) is 2.08. The first-order valence-corrected chi connectivity index (χ1v) is 6.50. The maximum Gasteiger partial charge on any atom is 0.225 e. The Balaban J connectivity index is 2.04. The number of halogens is 1. The lowest BCUT2D eigenvalue weighted by Crippen LogP contribution is -2.21. The Labute approximate surface area is 117 Å². The van der Waals surface area contributed by atoms with Crippen molar-refractivity contribution < 1.29 is 9.18 Å². The Bertz CT molecular complexity index is 572. The fourth-order valence-electron chi connectivity index (χ4n) is 2.08. The van der Waals surface area contributed by atoms with Crippen LogP contribution in [-0.4, -0.2) is 12.5 Å². The third-order valence-corrected chi connectivity index (χ3v) is 3.12. The van der Waals surface area contributed by atoms with E-state index < -0.39 is 0 Å². The molecule has 3 N–H and O–H groups in total. The van der Waals surface area contributed by atoms with Crippen LogP contribution in [-0.2, 0) is 4.79 Å². The Morgan fingerprint density at radius 1 is 1.10 bits per heavy atom. The number of anilines is 1. The molecule has 0 saturated carbocycles. The zero-order valence-electron chi connectivity index (χ0n) is 11.1. The van der Waals surface area contributed by atoms with Crippen LogP contribution in [0.4, 0.5) is 10.1 Å². The number of carbonyl (C=O) groups is 1. The van der Waals surface area contributed by atoms with Gasteiger partial charge in [-0.2, -0.15) is 0 Å². The lowest BCUT2D eigenvalue weighted by Gasteiger charge is -2.15. The molecule has 0 aromatic heterocycles. The molecule has 1 unspecified atom stereocenters. The normalized spacial score (nSPS) is 11.9. The summed E-state index contributed by atoms with van der Waals surface area (Å²) in [5.74, 6) is -0.815. The number of para-hydroxylation sites is 1. The number of nitrogens with one attached hydrogen (secondary N) is 1. The maximum absolute atomic E-state index is 13.7. The van der Waals surface area contributed by atoms with E-state index in [0.717, 1.165) is 5.69 Å². The molecule has 0 radical (unpaired) electrons. The van der Waals surface area contributed by atoms with E-state index in [1.54, 1.807) is 30.3 Å². The molecule has 0 heterocycles. The predicted molar refractivity (Wildman–Crippen MR) is 77.9 cm³/mol. The Kier molecular flexibility index (Phi) is 4.85. The Morgan fingerprint density at radius 3 is 2.40 bits per heavy atom. The molecule has 1 amide bonds. The smallest absolute Gasteiger partial charge is 0.225 e. The van der Waals surface area contributed by atoms with Crippen molar-refractivity contribution in [1.29, 1.82) is 0 Å². The molecule has 2 aromatic rings. The lowest BCUT2D eigenvalue weighted by atomic mass is 9.95. The average Bonchev–Trinajstić information content (AvgIpc) is 2.46. The summed E-state index contributed by atoms with van der Waals surface area (Å²) in [7, 11) is 0. The van der Waals surface area contributed by atoms with Gasteiger partial charge in [0.05, 0.1) is 0 Å². The van der Waals surface area contributed by atoms with Crippen LogP contribution in [0.15, 0.2) is 54.6 Å². The van der Waals surface area contributed by atoms with Gasteiger partial charge in [0, 0.05) is 18.0 Å². The Morgan fingerprint density at radius 2 is 1.75 bits per heavy atom. The molecule has 4 heteroatoms. The SMILES string of the molecule is NCC(CC(=O)Nc1ccccc1)c1ccccc1F. The van der Waals surface area contributed by atoms with E-state index in [2.05, 4.69) is 5.32 Å². The van der Waals surface area contributed by atoms with Gasteiger partial charge in [-0.05, 0) is 30.3 Å². The number of nitrogens with two attached hydrogens (primary N) is 1. The van der Waals surface area contributed by atoms with Gasteiger partial charge in [-0.15, -0.1) is 0 Å². The maximum atomic E-state index is 13.7. The minimum atomic E-state index is -0.324. The first kappa shape index (κ1) is 14.2. The minimum Gasteiger partial charge on any atom is -0.330 e. The second-order valence-corrected chi connectivity index (χ2v) is 4.57. The van der Waals surface area contributed by atoms with Gasteiger partial charge < -0.3 is 11.1 Å². The van der Waals surface area contributed by atoms with E-state index in [-0.39, 0.29) is 30.6 Å². The van der Waals surface area contributed by atoms with Gasteiger partial charge in [0.25, 0.3) is 0 Å². The zero-order valence-corrected chi connectivity index (χ0v) is 11.1. The molecule has 0 spiro atoms. The second-order valence-electron chi connectivity index (χ2n) is 4.57. The lowest BCUT2D eigenvalue weighted by molar-refractivity contribution is -0.116. The number of amides is 1. The van der Waals surface area contributed by atoms with E-state index >= 15 is 0 Å².